The lowest BCUT2D eigenvalue weighted by molar-refractivity contribution is -0.147. The van der Waals surface area contributed by atoms with Gasteiger partial charge in [0.05, 0.1) is 32.0 Å². The highest BCUT2D eigenvalue weighted by atomic mass is 16.5. The molecule has 2 amide bonds. The number of esters is 1. The van der Waals surface area contributed by atoms with Crippen LogP contribution in [-0.4, -0.2) is 43.1 Å². The molecule has 142 valence electrons. The monoisotopic (exact) mass is 366 g/mol. The summed E-state index contributed by atoms with van der Waals surface area (Å²) in [5.74, 6) is 3.29. The molecule has 1 heterocycles. The Kier molecular flexibility index (Phi) is 6.73. The molecule has 1 aromatic heterocycles. The first-order valence-electron chi connectivity index (χ1n) is 8.09. The lowest BCUT2D eigenvalue weighted by Crippen LogP contribution is -2.39. The van der Waals surface area contributed by atoms with Gasteiger partial charge in [0, 0.05) is 6.07 Å². The smallest absolute Gasteiger partial charge is 0.323 e. The molecule has 0 aliphatic heterocycles. The molecule has 26 heavy (non-hydrogen) atoms. The van der Waals surface area contributed by atoms with Gasteiger partial charge < -0.3 is 19.5 Å². The van der Waals surface area contributed by atoms with Gasteiger partial charge in [-0.2, -0.15) is 0 Å². The van der Waals surface area contributed by atoms with Crippen LogP contribution in [0.1, 0.15) is 25.7 Å². The highest BCUT2D eigenvalue weighted by Gasteiger charge is 2.28. The molecular formula is C16H22N4O6. The van der Waals surface area contributed by atoms with Gasteiger partial charge in [-0.3, -0.25) is 19.8 Å². The molecule has 1 saturated carbocycles. The average molecular weight is 366 g/mol. The number of ether oxygens (including phenoxy) is 3. The Morgan fingerprint density at radius 2 is 1.85 bits per heavy atom. The number of anilines is 1. The predicted molar refractivity (Wildman–Crippen MR) is 90.1 cm³/mol. The maximum Gasteiger partial charge on any atom is 0.323 e. The topological polar surface area (TPSA) is 142 Å². The largest absolute Gasteiger partial charge is 0.491 e. The van der Waals surface area contributed by atoms with E-state index in [1.54, 1.807) is 5.43 Å². The zero-order chi connectivity index (χ0) is 19.1. The number of aromatic nitrogens is 1. The summed E-state index contributed by atoms with van der Waals surface area (Å²) in [7, 11) is 2.83. The van der Waals surface area contributed by atoms with Crippen LogP contribution in [0, 0.1) is 5.92 Å². The summed E-state index contributed by atoms with van der Waals surface area (Å²) in [6, 6.07) is 1.49. The van der Waals surface area contributed by atoms with Crippen LogP contribution in [0.5, 0.6) is 11.6 Å². The second-order valence-corrected chi connectivity index (χ2v) is 5.77. The SMILES string of the molecule is COc1cc(NC(=O)C(=O)NN)cnc1O[C@H]1CC[C@@H](C(=O)OC)CC1. The van der Waals surface area contributed by atoms with Gasteiger partial charge >= 0.3 is 17.8 Å². The van der Waals surface area contributed by atoms with Gasteiger partial charge in [-0.15, -0.1) is 0 Å². The molecule has 0 saturated heterocycles. The van der Waals surface area contributed by atoms with Crippen molar-refractivity contribution >= 4 is 23.5 Å². The normalized spacial score (nSPS) is 19.2. The van der Waals surface area contributed by atoms with Gasteiger partial charge in [-0.25, -0.2) is 10.8 Å². The van der Waals surface area contributed by atoms with Crippen molar-refractivity contribution < 1.29 is 28.6 Å². The van der Waals surface area contributed by atoms with E-state index < -0.39 is 11.8 Å². The average Bonchev–Trinajstić information content (AvgIpc) is 2.68. The van der Waals surface area contributed by atoms with Crippen molar-refractivity contribution in [1.29, 1.82) is 0 Å². The molecular weight excluding hydrogens is 344 g/mol. The quantitative estimate of drug-likeness (QED) is 0.219. The number of hydrogen-bond acceptors (Lipinski definition) is 8. The fourth-order valence-corrected chi connectivity index (χ4v) is 2.73. The maximum atomic E-state index is 11.6. The van der Waals surface area contributed by atoms with E-state index in [0.29, 0.717) is 31.4 Å². The third kappa shape index (κ3) is 4.82. The minimum Gasteiger partial charge on any atom is -0.491 e. The van der Waals surface area contributed by atoms with E-state index in [1.165, 1.54) is 26.5 Å². The minimum atomic E-state index is -0.980. The van der Waals surface area contributed by atoms with Crippen molar-refractivity contribution in [1.82, 2.24) is 10.4 Å². The second-order valence-electron chi connectivity index (χ2n) is 5.77. The molecule has 1 aromatic rings. The van der Waals surface area contributed by atoms with Crippen molar-refractivity contribution in [3.8, 4) is 11.6 Å². The van der Waals surface area contributed by atoms with E-state index in [1.807, 2.05) is 0 Å². The molecule has 1 aliphatic rings. The van der Waals surface area contributed by atoms with Crippen LogP contribution >= 0.6 is 0 Å². The number of amides is 2. The first-order chi connectivity index (χ1) is 12.5. The molecule has 4 N–H and O–H groups in total. The summed E-state index contributed by atoms with van der Waals surface area (Å²) in [5.41, 5.74) is 2.00. The molecule has 1 aliphatic carbocycles. The van der Waals surface area contributed by atoms with E-state index in [9.17, 15) is 14.4 Å². The fraction of sp³-hybridized carbons (Fsp3) is 0.500. The number of nitrogens with two attached hydrogens (primary N) is 1. The molecule has 0 radical (unpaired) electrons. The van der Waals surface area contributed by atoms with Crippen LogP contribution in [0.25, 0.3) is 0 Å². The lowest BCUT2D eigenvalue weighted by Gasteiger charge is -2.27. The van der Waals surface area contributed by atoms with E-state index in [2.05, 4.69) is 10.3 Å². The maximum absolute atomic E-state index is 11.6. The Balaban J connectivity index is 1.99. The Morgan fingerprint density at radius 3 is 2.42 bits per heavy atom. The second kappa shape index (κ2) is 8.99. The zero-order valence-corrected chi connectivity index (χ0v) is 14.6. The van der Waals surface area contributed by atoms with E-state index >= 15 is 0 Å². The molecule has 0 atom stereocenters. The number of nitrogens with zero attached hydrogens (tertiary/aromatic N) is 1. The van der Waals surface area contributed by atoms with E-state index in [0.717, 1.165) is 0 Å². The molecule has 2 rings (SSSR count). The number of carbonyl (C=O) groups is 3. The van der Waals surface area contributed by atoms with E-state index in [4.69, 9.17) is 20.1 Å². The van der Waals surface area contributed by atoms with Gasteiger partial charge in [-0.05, 0) is 25.7 Å². The predicted octanol–water partition coefficient (Wildman–Crippen LogP) is 0.129. The summed E-state index contributed by atoms with van der Waals surface area (Å²) in [5, 5.41) is 2.34. The summed E-state index contributed by atoms with van der Waals surface area (Å²) in [4.78, 5) is 38.4. The van der Waals surface area contributed by atoms with Crippen LogP contribution in [0.4, 0.5) is 5.69 Å². The van der Waals surface area contributed by atoms with Crippen LogP contribution in [0.2, 0.25) is 0 Å². The lowest BCUT2D eigenvalue weighted by atomic mass is 9.87. The fourth-order valence-electron chi connectivity index (χ4n) is 2.73. The van der Waals surface area contributed by atoms with Crippen LogP contribution in [0.15, 0.2) is 12.3 Å². The number of hydrazine groups is 1. The van der Waals surface area contributed by atoms with Crippen molar-refractivity contribution in [3.63, 3.8) is 0 Å². The van der Waals surface area contributed by atoms with Crippen LogP contribution in [0.3, 0.4) is 0 Å². The number of pyridine rings is 1. The van der Waals surface area contributed by atoms with Gasteiger partial charge in [0.1, 0.15) is 6.10 Å². The van der Waals surface area contributed by atoms with Crippen LogP contribution < -0.4 is 26.1 Å². The number of carbonyl (C=O) groups excluding carboxylic acids is 3. The molecule has 0 aromatic carbocycles. The third-order valence-corrected chi connectivity index (χ3v) is 4.12. The van der Waals surface area contributed by atoms with Crippen molar-refractivity contribution in [2.24, 2.45) is 11.8 Å². The summed E-state index contributed by atoms with van der Waals surface area (Å²) in [6.07, 6.45) is 4.00. The summed E-state index contributed by atoms with van der Waals surface area (Å²) < 4.78 is 15.9. The molecule has 1 fully saturated rings. The van der Waals surface area contributed by atoms with Crippen molar-refractivity contribution in [3.05, 3.63) is 12.3 Å². The zero-order valence-electron chi connectivity index (χ0n) is 14.6. The first-order valence-corrected chi connectivity index (χ1v) is 8.09. The van der Waals surface area contributed by atoms with Gasteiger partial charge in [0.2, 0.25) is 0 Å². The van der Waals surface area contributed by atoms with Crippen LogP contribution in [-0.2, 0) is 19.1 Å². The summed E-state index contributed by atoms with van der Waals surface area (Å²) >= 11 is 0. The molecule has 10 heteroatoms. The number of rotatable bonds is 5. The molecule has 0 bridgehead atoms. The highest BCUT2D eigenvalue weighted by Crippen LogP contribution is 2.32. The number of nitrogens with one attached hydrogen (secondary N) is 2. The number of hydrogen-bond donors (Lipinski definition) is 3. The Labute approximate surface area is 150 Å². The van der Waals surface area contributed by atoms with E-state index in [-0.39, 0.29) is 29.6 Å². The molecule has 0 unspecified atom stereocenters. The first kappa shape index (κ1) is 19.4. The minimum absolute atomic E-state index is 0.0963. The Morgan fingerprint density at radius 1 is 1.15 bits per heavy atom. The highest BCUT2D eigenvalue weighted by molar-refractivity contribution is 6.39. The Hall–Kier alpha value is -2.88. The standard InChI is InChI=1S/C16H22N4O6/c1-24-12-7-10(19-13(21)14(22)20-17)8-18-15(12)26-11-5-3-9(4-6-11)16(23)25-2/h7-9,11H,3-6,17H2,1-2H3,(H,19,21)(H,20,22)/t9-,11+. The molecule has 10 nitrogen and oxygen atoms in total. The van der Waals surface area contributed by atoms with Crippen molar-refractivity contribution in [2.45, 2.75) is 31.8 Å². The third-order valence-electron chi connectivity index (χ3n) is 4.12. The number of methoxy groups -OCH3 is 2. The summed E-state index contributed by atoms with van der Waals surface area (Å²) in [6.45, 7) is 0. The molecule has 0 spiro atoms. The van der Waals surface area contributed by atoms with Crippen molar-refractivity contribution in [2.75, 3.05) is 19.5 Å². The van der Waals surface area contributed by atoms with Gasteiger partial charge in [0.15, 0.2) is 5.75 Å². The van der Waals surface area contributed by atoms with Gasteiger partial charge in [-0.1, -0.05) is 0 Å². The Bertz CT molecular complexity index is 673. The van der Waals surface area contributed by atoms with Gasteiger partial charge in [0.25, 0.3) is 5.88 Å².